The summed E-state index contributed by atoms with van der Waals surface area (Å²) < 4.78 is 5.39. The number of anilines is 1. The first-order chi connectivity index (χ1) is 11.7. The topological polar surface area (TPSA) is 70.1 Å². The Hall–Kier alpha value is -3.13. The van der Waals surface area contributed by atoms with Gasteiger partial charge in [-0.1, -0.05) is 18.2 Å². The summed E-state index contributed by atoms with van der Waals surface area (Å²) in [6, 6.07) is 15.1. The predicted octanol–water partition coefficient (Wildman–Crippen LogP) is 3.47. The average Bonchev–Trinajstić information content (AvgIpc) is 3.24. The van der Waals surface area contributed by atoms with Gasteiger partial charge in [-0.25, -0.2) is 4.98 Å². The predicted molar refractivity (Wildman–Crippen MR) is 89.4 cm³/mol. The highest BCUT2D eigenvalue weighted by Gasteiger charge is 2.47. The van der Waals surface area contributed by atoms with Crippen LogP contribution in [-0.2, 0) is 4.79 Å². The SMILES string of the molecule is CN(C(=O)[C@@H]1C[C@H]1c1ccco1)c1cc(C#N)c2ccccc2n1. The average molecular weight is 317 g/mol. The fourth-order valence-electron chi connectivity index (χ4n) is 3.07. The quantitative estimate of drug-likeness (QED) is 0.741. The van der Waals surface area contributed by atoms with Crippen molar-refractivity contribution in [3.05, 3.63) is 60.1 Å². The summed E-state index contributed by atoms with van der Waals surface area (Å²) in [5.74, 6) is 1.42. The lowest BCUT2D eigenvalue weighted by atomic mass is 10.1. The number of aromatic nitrogens is 1. The van der Waals surface area contributed by atoms with Crippen LogP contribution in [0.3, 0.4) is 0 Å². The second-order valence-corrected chi connectivity index (χ2v) is 6.02. The number of amides is 1. The van der Waals surface area contributed by atoms with E-state index in [0.29, 0.717) is 16.9 Å². The summed E-state index contributed by atoms with van der Waals surface area (Å²) in [5, 5.41) is 10.2. The Kier molecular flexibility index (Phi) is 3.31. The Bertz CT molecular complexity index is 956. The van der Waals surface area contributed by atoms with Crippen LogP contribution >= 0.6 is 0 Å². The van der Waals surface area contributed by atoms with Gasteiger partial charge >= 0.3 is 0 Å². The van der Waals surface area contributed by atoms with Gasteiger partial charge in [0.2, 0.25) is 5.91 Å². The molecule has 0 saturated heterocycles. The first-order valence-corrected chi connectivity index (χ1v) is 7.80. The van der Waals surface area contributed by atoms with Gasteiger partial charge in [-0.2, -0.15) is 5.26 Å². The lowest BCUT2D eigenvalue weighted by Crippen LogP contribution is -2.29. The monoisotopic (exact) mass is 317 g/mol. The van der Waals surface area contributed by atoms with Gasteiger partial charge in [-0.15, -0.1) is 0 Å². The molecular weight excluding hydrogens is 302 g/mol. The molecule has 4 rings (SSSR count). The van der Waals surface area contributed by atoms with Crippen LogP contribution in [0.25, 0.3) is 10.9 Å². The van der Waals surface area contributed by atoms with Gasteiger partial charge in [0.1, 0.15) is 11.6 Å². The molecule has 5 heteroatoms. The van der Waals surface area contributed by atoms with Gasteiger partial charge < -0.3 is 4.42 Å². The lowest BCUT2D eigenvalue weighted by molar-refractivity contribution is -0.119. The first-order valence-electron chi connectivity index (χ1n) is 7.80. The van der Waals surface area contributed by atoms with E-state index in [1.807, 2.05) is 36.4 Å². The number of hydrogen-bond acceptors (Lipinski definition) is 4. The van der Waals surface area contributed by atoms with Crippen molar-refractivity contribution in [1.82, 2.24) is 4.98 Å². The highest BCUT2D eigenvalue weighted by Crippen LogP contribution is 2.48. The second-order valence-electron chi connectivity index (χ2n) is 6.02. The molecule has 0 bridgehead atoms. The number of carbonyl (C=O) groups excluding carboxylic acids is 1. The summed E-state index contributed by atoms with van der Waals surface area (Å²) in [7, 11) is 1.71. The molecule has 1 amide bonds. The molecule has 1 fully saturated rings. The summed E-state index contributed by atoms with van der Waals surface area (Å²) in [4.78, 5) is 18.8. The van der Waals surface area contributed by atoms with Crippen molar-refractivity contribution < 1.29 is 9.21 Å². The number of furan rings is 1. The van der Waals surface area contributed by atoms with Gasteiger partial charge in [-0.05, 0) is 30.7 Å². The summed E-state index contributed by atoms with van der Waals surface area (Å²) in [6.45, 7) is 0. The number of hydrogen-bond donors (Lipinski definition) is 0. The van der Waals surface area contributed by atoms with Gasteiger partial charge in [-0.3, -0.25) is 9.69 Å². The van der Waals surface area contributed by atoms with Crippen LogP contribution in [-0.4, -0.2) is 17.9 Å². The molecule has 2 aromatic heterocycles. The summed E-state index contributed by atoms with van der Waals surface area (Å²) in [6.07, 6.45) is 2.42. The minimum atomic E-state index is -0.0834. The number of pyridine rings is 1. The Morgan fingerprint density at radius 1 is 1.33 bits per heavy atom. The molecule has 24 heavy (non-hydrogen) atoms. The molecule has 5 nitrogen and oxygen atoms in total. The fourth-order valence-corrected chi connectivity index (χ4v) is 3.07. The van der Waals surface area contributed by atoms with Crippen molar-refractivity contribution in [1.29, 1.82) is 5.26 Å². The molecule has 0 unspecified atom stereocenters. The van der Waals surface area contributed by atoms with E-state index in [-0.39, 0.29) is 17.7 Å². The highest BCUT2D eigenvalue weighted by atomic mass is 16.3. The van der Waals surface area contributed by atoms with E-state index in [9.17, 15) is 10.1 Å². The molecule has 1 saturated carbocycles. The smallest absolute Gasteiger partial charge is 0.231 e. The zero-order chi connectivity index (χ0) is 16.7. The molecule has 1 aliphatic carbocycles. The standard InChI is InChI=1S/C19H15N3O2/c1-22(19(23)15-10-14(15)17-7-4-8-24-17)18-9-12(11-20)13-5-2-3-6-16(13)21-18/h2-9,14-15H,10H2,1H3/t14-,15-/m1/s1. The minimum Gasteiger partial charge on any atom is -0.469 e. The molecule has 2 heterocycles. The molecule has 118 valence electrons. The largest absolute Gasteiger partial charge is 0.469 e. The molecule has 3 aromatic rings. The van der Waals surface area contributed by atoms with E-state index in [0.717, 1.165) is 17.6 Å². The van der Waals surface area contributed by atoms with Crippen LogP contribution in [0, 0.1) is 17.2 Å². The van der Waals surface area contributed by atoms with Gasteiger partial charge in [0.15, 0.2) is 0 Å². The Morgan fingerprint density at radius 2 is 2.17 bits per heavy atom. The maximum atomic E-state index is 12.7. The zero-order valence-electron chi connectivity index (χ0n) is 13.1. The van der Waals surface area contributed by atoms with E-state index in [4.69, 9.17) is 4.42 Å². The highest BCUT2D eigenvalue weighted by molar-refractivity contribution is 5.98. The summed E-state index contributed by atoms with van der Waals surface area (Å²) in [5.41, 5.74) is 1.23. The Labute approximate surface area is 139 Å². The molecule has 0 spiro atoms. The number of fused-ring (bicyclic) bond motifs is 1. The van der Waals surface area contributed by atoms with E-state index in [1.54, 1.807) is 24.3 Å². The molecule has 0 aliphatic heterocycles. The van der Waals surface area contributed by atoms with Crippen molar-refractivity contribution in [2.75, 3.05) is 11.9 Å². The molecular formula is C19H15N3O2. The van der Waals surface area contributed by atoms with E-state index in [1.165, 1.54) is 0 Å². The maximum absolute atomic E-state index is 12.7. The Morgan fingerprint density at radius 3 is 2.92 bits per heavy atom. The maximum Gasteiger partial charge on any atom is 0.231 e. The lowest BCUT2D eigenvalue weighted by Gasteiger charge is -2.17. The van der Waals surface area contributed by atoms with Crippen LogP contribution in [0.4, 0.5) is 5.82 Å². The number of benzene rings is 1. The minimum absolute atomic E-state index is 0.00284. The number of carbonyl (C=O) groups is 1. The third-order valence-electron chi connectivity index (χ3n) is 4.51. The first kappa shape index (κ1) is 14.5. The third-order valence-corrected chi connectivity index (χ3v) is 4.51. The van der Waals surface area contributed by atoms with Crippen molar-refractivity contribution in [3.8, 4) is 6.07 Å². The molecule has 2 atom stereocenters. The zero-order valence-corrected chi connectivity index (χ0v) is 13.1. The van der Waals surface area contributed by atoms with Crippen molar-refractivity contribution in [2.45, 2.75) is 12.3 Å². The second kappa shape index (κ2) is 5.50. The Balaban J connectivity index is 1.63. The van der Waals surface area contributed by atoms with Crippen molar-refractivity contribution >= 4 is 22.6 Å². The number of rotatable bonds is 3. The van der Waals surface area contributed by atoms with E-state index >= 15 is 0 Å². The summed E-state index contributed by atoms with van der Waals surface area (Å²) >= 11 is 0. The van der Waals surface area contributed by atoms with Crippen LogP contribution < -0.4 is 4.90 Å². The number of nitriles is 1. The van der Waals surface area contributed by atoms with Crippen LogP contribution in [0.1, 0.15) is 23.7 Å². The van der Waals surface area contributed by atoms with Gasteiger partial charge in [0, 0.05) is 24.3 Å². The van der Waals surface area contributed by atoms with Crippen LogP contribution in [0.15, 0.2) is 53.1 Å². The normalized spacial score (nSPS) is 19.0. The molecule has 1 aliphatic rings. The van der Waals surface area contributed by atoms with Crippen LogP contribution in [0.5, 0.6) is 0 Å². The van der Waals surface area contributed by atoms with Crippen molar-refractivity contribution in [2.24, 2.45) is 5.92 Å². The molecule has 1 aromatic carbocycles. The molecule has 0 radical (unpaired) electrons. The molecule has 0 N–H and O–H groups in total. The van der Waals surface area contributed by atoms with Crippen LogP contribution in [0.2, 0.25) is 0 Å². The number of nitrogens with zero attached hydrogens (tertiary/aromatic N) is 3. The third kappa shape index (κ3) is 2.33. The van der Waals surface area contributed by atoms with Crippen molar-refractivity contribution in [3.63, 3.8) is 0 Å². The van der Waals surface area contributed by atoms with E-state index in [2.05, 4.69) is 11.1 Å². The van der Waals surface area contributed by atoms with E-state index < -0.39 is 0 Å². The fraction of sp³-hybridized carbons (Fsp3) is 0.211. The van der Waals surface area contributed by atoms with Gasteiger partial charge in [0.05, 0.1) is 23.4 Å². The van der Waals surface area contributed by atoms with Gasteiger partial charge in [0.25, 0.3) is 0 Å². The number of para-hydroxylation sites is 1.